The van der Waals surface area contributed by atoms with Crippen LogP contribution in [-0.2, 0) is 0 Å². The standard InChI is InChI=1S/C18H23N3OS2/c1-6-10-23-12-13(2)14(3)21(4)18-16(22-5)20-17(24-18)15-8-7-9-19-11-15/h6-9,11,13H,1,3,10,12H2,2,4-5H3. The fourth-order valence-electron chi connectivity index (χ4n) is 2.14. The van der Waals surface area contributed by atoms with Crippen LogP contribution in [-0.4, -0.2) is 35.6 Å². The average Bonchev–Trinajstić information content (AvgIpc) is 3.05. The first-order valence-electron chi connectivity index (χ1n) is 7.64. The Balaban J connectivity index is 2.19. The lowest BCUT2D eigenvalue weighted by atomic mass is 10.1. The summed E-state index contributed by atoms with van der Waals surface area (Å²) in [5.41, 5.74) is 2.03. The lowest BCUT2D eigenvalue weighted by Crippen LogP contribution is -2.21. The molecule has 0 N–H and O–H groups in total. The molecule has 6 heteroatoms. The Morgan fingerprint density at radius 3 is 2.96 bits per heavy atom. The van der Waals surface area contributed by atoms with Gasteiger partial charge in [-0.3, -0.25) is 4.98 Å². The van der Waals surface area contributed by atoms with Gasteiger partial charge in [-0.05, 0) is 12.1 Å². The summed E-state index contributed by atoms with van der Waals surface area (Å²) in [6, 6.07) is 3.91. The highest BCUT2D eigenvalue weighted by Gasteiger charge is 2.21. The van der Waals surface area contributed by atoms with E-state index in [4.69, 9.17) is 4.74 Å². The third-order valence-corrected chi connectivity index (χ3v) is 5.96. The van der Waals surface area contributed by atoms with Gasteiger partial charge in [-0.15, -0.1) is 6.58 Å². The summed E-state index contributed by atoms with van der Waals surface area (Å²) in [5, 5.41) is 1.85. The van der Waals surface area contributed by atoms with Crippen LogP contribution in [0.2, 0.25) is 0 Å². The minimum atomic E-state index is 0.355. The van der Waals surface area contributed by atoms with E-state index in [0.717, 1.165) is 32.8 Å². The molecule has 0 aliphatic rings. The molecule has 0 spiro atoms. The monoisotopic (exact) mass is 361 g/mol. The number of hydrogen-bond acceptors (Lipinski definition) is 6. The van der Waals surface area contributed by atoms with Crippen LogP contribution < -0.4 is 9.64 Å². The normalized spacial score (nSPS) is 11.8. The van der Waals surface area contributed by atoms with Gasteiger partial charge in [0.1, 0.15) is 5.01 Å². The summed E-state index contributed by atoms with van der Waals surface area (Å²) in [6.07, 6.45) is 5.49. The number of anilines is 1. The van der Waals surface area contributed by atoms with Crippen molar-refractivity contribution in [3.63, 3.8) is 0 Å². The molecule has 2 heterocycles. The van der Waals surface area contributed by atoms with Crippen molar-refractivity contribution < 1.29 is 4.74 Å². The molecule has 0 amide bonds. The van der Waals surface area contributed by atoms with Crippen LogP contribution >= 0.6 is 23.1 Å². The number of pyridine rings is 1. The third-order valence-electron chi connectivity index (χ3n) is 3.59. The van der Waals surface area contributed by atoms with Crippen molar-refractivity contribution in [2.75, 3.05) is 30.6 Å². The van der Waals surface area contributed by atoms with E-state index in [1.165, 1.54) is 0 Å². The van der Waals surface area contributed by atoms with Gasteiger partial charge in [0, 0.05) is 48.1 Å². The molecule has 0 aliphatic carbocycles. The van der Waals surface area contributed by atoms with Gasteiger partial charge in [0.05, 0.1) is 7.11 Å². The molecule has 0 fully saturated rings. The van der Waals surface area contributed by atoms with E-state index >= 15 is 0 Å². The Hall–Kier alpha value is -1.79. The zero-order valence-corrected chi connectivity index (χ0v) is 16.0. The lowest BCUT2D eigenvalue weighted by Gasteiger charge is -2.25. The first kappa shape index (κ1) is 18.5. The molecule has 0 saturated carbocycles. The van der Waals surface area contributed by atoms with E-state index in [-0.39, 0.29) is 0 Å². The number of nitrogens with zero attached hydrogens (tertiary/aromatic N) is 3. The highest BCUT2D eigenvalue weighted by Crippen LogP contribution is 2.40. The van der Waals surface area contributed by atoms with Gasteiger partial charge in [-0.25, -0.2) is 0 Å². The fourth-order valence-corrected chi connectivity index (χ4v) is 4.01. The van der Waals surface area contributed by atoms with E-state index < -0.39 is 0 Å². The van der Waals surface area contributed by atoms with Crippen LogP contribution in [0.4, 0.5) is 5.00 Å². The zero-order valence-electron chi connectivity index (χ0n) is 14.4. The van der Waals surface area contributed by atoms with Crippen LogP contribution in [0.5, 0.6) is 5.88 Å². The Morgan fingerprint density at radius 2 is 2.33 bits per heavy atom. The second-order valence-electron chi connectivity index (χ2n) is 5.35. The molecule has 0 aromatic carbocycles. The van der Waals surface area contributed by atoms with E-state index in [0.29, 0.717) is 11.8 Å². The summed E-state index contributed by atoms with van der Waals surface area (Å²) >= 11 is 3.44. The van der Waals surface area contributed by atoms with Crippen molar-refractivity contribution in [1.82, 2.24) is 9.97 Å². The van der Waals surface area contributed by atoms with Crippen LogP contribution in [0.25, 0.3) is 10.6 Å². The van der Waals surface area contributed by atoms with Gasteiger partial charge >= 0.3 is 0 Å². The lowest BCUT2D eigenvalue weighted by molar-refractivity contribution is 0.401. The molecule has 0 aliphatic heterocycles. The molecule has 4 nitrogen and oxygen atoms in total. The molecule has 24 heavy (non-hydrogen) atoms. The first-order valence-corrected chi connectivity index (χ1v) is 9.62. The molecule has 1 unspecified atom stereocenters. The van der Waals surface area contributed by atoms with Gasteiger partial charge in [0.25, 0.3) is 0 Å². The second-order valence-corrected chi connectivity index (χ2v) is 7.41. The number of rotatable bonds is 9. The van der Waals surface area contributed by atoms with Crippen molar-refractivity contribution in [3.05, 3.63) is 49.5 Å². The fraction of sp³-hybridized carbons (Fsp3) is 0.333. The minimum Gasteiger partial charge on any atom is -0.479 e. The Morgan fingerprint density at radius 1 is 1.54 bits per heavy atom. The maximum absolute atomic E-state index is 5.47. The molecular weight excluding hydrogens is 338 g/mol. The highest BCUT2D eigenvalue weighted by atomic mass is 32.2. The molecule has 0 bridgehead atoms. The molecule has 128 valence electrons. The van der Waals surface area contributed by atoms with Gasteiger partial charge in [-0.1, -0.05) is 30.9 Å². The van der Waals surface area contributed by atoms with Crippen LogP contribution in [0.15, 0.2) is 49.5 Å². The van der Waals surface area contributed by atoms with Gasteiger partial charge < -0.3 is 9.64 Å². The zero-order chi connectivity index (χ0) is 17.5. The number of ether oxygens (including phenoxy) is 1. The predicted molar refractivity (Wildman–Crippen MR) is 106 cm³/mol. The van der Waals surface area contributed by atoms with Crippen molar-refractivity contribution in [2.24, 2.45) is 5.92 Å². The number of allylic oxidation sites excluding steroid dienone is 1. The maximum Gasteiger partial charge on any atom is 0.249 e. The van der Waals surface area contributed by atoms with Crippen LogP contribution in [0, 0.1) is 5.92 Å². The molecule has 2 aromatic heterocycles. The number of thioether (sulfide) groups is 1. The van der Waals surface area contributed by atoms with Gasteiger partial charge in [0.2, 0.25) is 5.88 Å². The Bertz CT molecular complexity index is 685. The average molecular weight is 362 g/mol. The minimum absolute atomic E-state index is 0.355. The number of aromatic nitrogens is 2. The van der Waals surface area contributed by atoms with Crippen LogP contribution in [0.3, 0.4) is 0 Å². The second kappa shape index (κ2) is 8.89. The van der Waals surface area contributed by atoms with E-state index in [9.17, 15) is 0 Å². The van der Waals surface area contributed by atoms with E-state index in [1.54, 1.807) is 24.6 Å². The molecule has 1 atom stereocenters. The summed E-state index contributed by atoms with van der Waals surface area (Å²) < 4.78 is 5.47. The smallest absolute Gasteiger partial charge is 0.249 e. The summed E-state index contributed by atoms with van der Waals surface area (Å²) in [6.45, 7) is 10.2. The highest BCUT2D eigenvalue weighted by molar-refractivity contribution is 7.99. The molecule has 2 aromatic rings. The van der Waals surface area contributed by atoms with E-state index in [1.807, 2.05) is 43.2 Å². The third kappa shape index (κ3) is 4.39. The quantitative estimate of drug-likeness (QED) is 0.477. The SMILES string of the molecule is C=CCSCC(C)C(=C)N(C)c1sc(-c2cccnc2)nc1OC. The number of methoxy groups -OCH3 is 1. The van der Waals surface area contributed by atoms with Gasteiger partial charge in [-0.2, -0.15) is 16.7 Å². The van der Waals surface area contributed by atoms with E-state index in [2.05, 4.69) is 34.9 Å². The van der Waals surface area contributed by atoms with Crippen LogP contribution in [0.1, 0.15) is 6.92 Å². The van der Waals surface area contributed by atoms with Crippen molar-refractivity contribution in [3.8, 4) is 16.5 Å². The summed E-state index contributed by atoms with van der Waals surface area (Å²) in [5.74, 6) is 2.93. The first-order chi connectivity index (χ1) is 11.6. The van der Waals surface area contributed by atoms with Crippen molar-refractivity contribution in [1.29, 1.82) is 0 Å². The predicted octanol–water partition coefficient (Wildman–Crippen LogP) is 4.72. The van der Waals surface area contributed by atoms with Gasteiger partial charge in [0.15, 0.2) is 5.00 Å². The maximum atomic E-state index is 5.47. The topological polar surface area (TPSA) is 38.2 Å². The summed E-state index contributed by atoms with van der Waals surface area (Å²) in [7, 11) is 3.66. The van der Waals surface area contributed by atoms with Crippen molar-refractivity contribution >= 4 is 28.1 Å². The molecule has 0 radical (unpaired) electrons. The Labute approximate surface area is 152 Å². The molecular formula is C18H23N3OS2. The largest absolute Gasteiger partial charge is 0.479 e. The number of thiazole rings is 1. The Kier molecular flexibility index (Phi) is 6.87. The molecule has 2 rings (SSSR count). The number of hydrogen-bond donors (Lipinski definition) is 0. The van der Waals surface area contributed by atoms with Crippen molar-refractivity contribution in [2.45, 2.75) is 6.92 Å². The summed E-state index contributed by atoms with van der Waals surface area (Å²) in [4.78, 5) is 10.8. The molecule has 0 saturated heterocycles.